The van der Waals surface area contributed by atoms with Crippen molar-refractivity contribution >= 4 is 15.9 Å². The molecule has 2 unspecified atom stereocenters. The number of carbonyl (C=O) groups excluding carboxylic acids is 1. The third-order valence-corrected chi connectivity index (χ3v) is 6.65. The minimum Gasteiger partial charge on any atom is -0.497 e. The molecule has 0 heterocycles. The van der Waals surface area contributed by atoms with Crippen LogP contribution in [0.3, 0.4) is 0 Å². The van der Waals surface area contributed by atoms with E-state index in [9.17, 15) is 18.3 Å². The second kappa shape index (κ2) is 11.3. The summed E-state index contributed by atoms with van der Waals surface area (Å²) in [5.74, 6) is 0.324. The summed E-state index contributed by atoms with van der Waals surface area (Å²) >= 11 is 0. The molecular formula is C23H32N2O5S. The van der Waals surface area contributed by atoms with E-state index in [1.807, 2.05) is 44.2 Å². The number of hydrogen-bond acceptors (Lipinski definition) is 5. The van der Waals surface area contributed by atoms with Crippen LogP contribution in [0.5, 0.6) is 5.75 Å². The molecule has 0 fully saturated rings. The first kappa shape index (κ1) is 24.8. The standard InChI is InChI=1S/C23H32N2O5S/c1-17(2)15-25(31(28,29)21-12-10-20(30-4)11-13-21)16-23(27)22(24-18(3)26)14-19-8-6-5-7-9-19/h5-13,17,22-23,27H,14-16H2,1-4H3,(H,24,26). The Morgan fingerprint density at radius 1 is 1.06 bits per heavy atom. The number of benzene rings is 2. The van der Waals surface area contributed by atoms with Crippen molar-refractivity contribution in [3.05, 3.63) is 60.2 Å². The van der Waals surface area contributed by atoms with Crippen molar-refractivity contribution in [1.29, 1.82) is 0 Å². The molecule has 8 heteroatoms. The van der Waals surface area contributed by atoms with Crippen LogP contribution in [0.15, 0.2) is 59.5 Å². The molecule has 0 aliphatic carbocycles. The van der Waals surface area contributed by atoms with Gasteiger partial charge in [0.25, 0.3) is 0 Å². The van der Waals surface area contributed by atoms with Crippen LogP contribution in [-0.4, -0.2) is 56.1 Å². The number of ether oxygens (including phenoxy) is 1. The van der Waals surface area contributed by atoms with Crippen LogP contribution in [0.25, 0.3) is 0 Å². The van der Waals surface area contributed by atoms with Gasteiger partial charge in [0.15, 0.2) is 0 Å². The summed E-state index contributed by atoms with van der Waals surface area (Å²) in [6.07, 6.45) is -0.699. The summed E-state index contributed by atoms with van der Waals surface area (Å²) in [6.45, 7) is 5.31. The van der Waals surface area contributed by atoms with E-state index in [2.05, 4.69) is 5.32 Å². The minimum absolute atomic E-state index is 0.0496. The van der Waals surface area contributed by atoms with Crippen molar-refractivity contribution in [2.75, 3.05) is 20.2 Å². The molecule has 31 heavy (non-hydrogen) atoms. The maximum absolute atomic E-state index is 13.3. The van der Waals surface area contributed by atoms with Gasteiger partial charge in [-0.3, -0.25) is 4.79 Å². The summed E-state index contributed by atoms with van der Waals surface area (Å²) in [5.41, 5.74) is 0.939. The minimum atomic E-state index is -3.85. The number of amides is 1. The molecular weight excluding hydrogens is 416 g/mol. The van der Waals surface area contributed by atoms with E-state index in [1.54, 1.807) is 12.1 Å². The molecule has 1 amide bonds. The smallest absolute Gasteiger partial charge is 0.243 e. The number of aliphatic hydroxyl groups excluding tert-OH is 1. The van der Waals surface area contributed by atoms with Crippen molar-refractivity contribution in [2.45, 2.75) is 44.2 Å². The SMILES string of the molecule is COc1ccc(S(=O)(=O)N(CC(C)C)CC(O)C(Cc2ccccc2)NC(C)=O)cc1. The lowest BCUT2D eigenvalue weighted by Gasteiger charge is -2.30. The van der Waals surface area contributed by atoms with Crippen LogP contribution >= 0.6 is 0 Å². The average Bonchev–Trinajstić information content (AvgIpc) is 2.73. The van der Waals surface area contributed by atoms with Crippen LogP contribution in [0, 0.1) is 5.92 Å². The highest BCUT2D eigenvalue weighted by Crippen LogP contribution is 2.21. The van der Waals surface area contributed by atoms with Crippen LogP contribution in [0.4, 0.5) is 0 Å². The Morgan fingerprint density at radius 3 is 2.19 bits per heavy atom. The molecule has 2 aromatic carbocycles. The zero-order valence-electron chi connectivity index (χ0n) is 18.5. The molecule has 0 aromatic heterocycles. The van der Waals surface area contributed by atoms with Crippen molar-refractivity contribution in [2.24, 2.45) is 5.92 Å². The number of hydrogen-bond donors (Lipinski definition) is 2. The molecule has 7 nitrogen and oxygen atoms in total. The number of rotatable bonds is 11. The van der Waals surface area contributed by atoms with Gasteiger partial charge < -0.3 is 15.2 Å². The van der Waals surface area contributed by atoms with Crippen molar-refractivity contribution in [3.8, 4) is 5.75 Å². The summed E-state index contributed by atoms with van der Waals surface area (Å²) in [5, 5.41) is 13.7. The molecule has 0 spiro atoms. The molecule has 0 saturated heterocycles. The normalized spacial score (nSPS) is 13.8. The topological polar surface area (TPSA) is 95.9 Å². The van der Waals surface area contributed by atoms with Gasteiger partial charge in [-0.1, -0.05) is 44.2 Å². The maximum Gasteiger partial charge on any atom is 0.243 e. The van der Waals surface area contributed by atoms with Gasteiger partial charge in [-0.2, -0.15) is 4.31 Å². The number of nitrogens with one attached hydrogen (secondary N) is 1. The van der Waals surface area contributed by atoms with Crippen LogP contribution in [0.2, 0.25) is 0 Å². The lowest BCUT2D eigenvalue weighted by Crippen LogP contribution is -2.50. The Morgan fingerprint density at radius 2 is 1.68 bits per heavy atom. The monoisotopic (exact) mass is 448 g/mol. The molecule has 0 aliphatic rings. The zero-order chi connectivity index (χ0) is 23.0. The van der Waals surface area contributed by atoms with Gasteiger partial charge in [-0.25, -0.2) is 8.42 Å². The van der Waals surface area contributed by atoms with Crippen molar-refractivity contribution in [3.63, 3.8) is 0 Å². The molecule has 2 aromatic rings. The number of methoxy groups -OCH3 is 1. The highest BCUT2D eigenvalue weighted by Gasteiger charge is 2.31. The van der Waals surface area contributed by atoms with Gasteiger partial charge in [0.05, 0.1) is 24.2 Å². The lowest BCUT2D eigenvalue weighted by atomic mass is 10.0. The second-order valence-corrected chi connectivity index (χ2v) is 9.89. The third-order valence-electron chi connectivity index (χ3n) is 4.81. The van der Waals surface area contributed by atoms with E-state index in [4.69, 9.17) is 4.74 Å². The molecule has 170 valence electrons. The molecule has 0 radical (unpaired) electrons. The van der Waals surface area contributed by atoms with Crippen LogP contribution < -0.4 is 10.1 Å². The Balaban J connectivity index is 2.27. The fourth-order valence-electron chi connectivity index (χ4n) is 3.32. The number of carbonyl (C=O) groups is 1. The van der Waals surface area contributed by atoms with Crippen LogP contribution in [-0.2, 0) is 21.2 Å². The van der Waals surface area contributed by atoms with Gasteiger partial charge in [-0.15, -0.1) is 0 Å². The number of sulfonamides is 1. The first-order chi connectivity index (χ1) is 14.6. The molecule has 2 atom stereocenters. The fraction of sp³-hybridized carbons (Fsp3) is 0.435. The molecule has 2 N–H and O–H groups in total. The Labute approximate surface area is 185 Å². The molecule has 0 bridgehead atoms. The summed E-state index contributed by atoms with van der Waals surface area (Å²) in [6, 6.07) is 15.0. The predicted octanol–water partition coefficient (Wildman–Crippen LogP) is 2.45. The van der Waals surface area contributed by atoms with E-state index in [0.29, 0.717) is 12.2 Å². The predicted molar refractivity (Wildman–Crippen MR) is 120 cm³/mol. The van der Waals surface area contributed by atoms with Gasteiger partial charge in [-0.05, 0) is 42.2 Å². The Bertz CT molecular complexity index is 930. The van der Waals surface area contributed by atoms with E-state index in [-0.39, 0.29) is 29.8 Å². The molecule has 2 rings (SSSR count). The zero-order valence-corrected chi connectivity index (χ0v) is 19.3. The summed E-state index contributed by atoms with van der Waals surface area (Å²) in [7, 11) is -2.33. The quantitative estimate of drug-likeness (QED) is 0.551. The fourth-order valence-corrected chi connectivity index (χ4v) is 4.94. The lowest BCUT2D eigenvalue weighted by molar-refractivity contribution is -0.120. The average molecular weight is 449 g/mol. The maximum atomic E-state index is 13.3. The van der Waals surface area contributed by atoms with E-state index in [1.165, 1.54) is 30.5 Å². The largest absolute Gasteiger partial charge is 0.497 e. The molecule has 0 aliphatic heterocycles. The summed E-state index contributed by atoms with van der Waals surface area (Å²) in [4.78, 5) is 11.9. The number of aliphatic hydroxyl groups is 1. The third kappa shape index (κ3) is 7.34. The van der Waals surface area contributed by atoms with Crippen LogP contribution in [0.1, 0.15) is 26.3 Å². The highest BCUT2D eigenvalue weighted by atomic mass is 32.2. The number of nitrogens with zero attached hydrogens (tertiary/aromatic N) is 1. The Hall–Kier alpha value is -2.42. The van der Waals surface area contributed by atoms with E-state index in [0.717, 1.165) is 5.56 Å². The Kier molecular flexibility index (Phi) is 9.03. The van der Waals surface area contributed by atoms with Gasteiger partial charge in [0, 0.05) is 20.0 Å². The van der Waals surface area contributed by atoms with Crippen molar-refractivity contribution in [1.82, 2.24) is 9.62 Å². The van der Waals surface area contributed by atoms with E-state index < -0.39 is 22.2 Å². The van der Waals surface area contributed by atoms with Gasteiger partial charge in [0.2, 0.25) is 15.9 Å². The molecule has 0 saturated carbocycles. The second-order valence-electron chi connectivity index (χ2n) is 7.96. The first-order valence-corrected chi connectivity index (χ1v) is 11.7. The van der Waals surface area contributed by atoms with E-state index >= 15 is 0 Å². The highest BCUT2D eigenvalue weighted by molar-refractivity contribution is 7.89. The van der Waals surface area contributed by atoms with Gasteiger partial charge in [0.1, 0.15) is 5.75 Å². The summed E-state index contributed by atoms with van der Waals surface area (Å²) < 4.78 is 33.0. The van der Waals surface area contributed by atoms with Crippen molar-refractivity contribution < 1.29 is 23.1 Å². The van der Waals surface area contributed by atoms with Gasteiger partial charge >= 0.3 is 0 Å². The first-order valence-electron chi connectivity index (χ1n) is 10.3.